The van der Waals surface area contributed by atoms with Crippen molar-refractivity contribution in [3.63, 3.8) is 0 Å². The summed E-state index contributed by atoms with van der Waals surface area (Å²) >= 11 is 0. The summed E-state index contributed by atoms with van der Waals surface area (Å²) < 4.78 is 28.5. The van der Waals surface area contributed by atoms with Gasteiger partial charge in [0.1, 0.15) is 12.0 Å². The number of hydrogen-bond acceptors (Lipinski definition) is 5. The molecule has 1 aromatic carbocycles. The third-order valence-corrected chi connectivity index (χ3v) is 4.34. The predicted octanol–water partition coefficient (Wildman–Crippen LogP) is 2.08. The van der Waals surface area contributed by atoms with Crippen molar-refractivity contribution in [2.24, 2.45) is 0 Å². The van der Waals surface area contributed by atoms with Crippen LogP contribution in [0.3, 0.4) is 0 Å². The highest BCUT2D eigenvalue weighted by Crippen LogP contribution is 2.22. The smallest absolute Gasteiger partial charge is 0.180 e. The van der Waals surface area contributed by atoms with Gasteiger partial charge in [-0.15, -0.1) is 0 Å². The fourth-order valence-corrected chi connectivity index (χ4v) is 2.63. The molecule has 0 aliphatic heterocycles. The minimum absolute atomic E-state index is 0.0790. The Morgan fingerprint density at radius 3 is 2.72 bits per heavy atom. The fraction of sp³-hybridized carbons (Fsp3) is 0.250. The summed E-state index contributed by atoms with van der Waals surface area (Å²) in [6.07, 6.45) is 1.48. The van der Waals surface area contributed by atoms with Gasteiger partial charge in [-0.3, -0.25) is 0 Å². The lowest BCUT2D eigenvalue weighted by molar-refractivity contribution is 0.412. The van der Waals surface area contributed by atoms with E-state index in [9.17, 15) is 8.42 Å². The highest BCUT2D eigenvalue weighted by molar-refractivity contribution is 7.91. The Labute approximate surface area is 106 Å². The van der Waals surface area contributed by atoms with Crippen molar-refractivity contribution < 1.29 is 12.9 Å². The second-order valence-electron chi connectivity index (χ2n) is 3.74. The molecule has 1 aromatic heterocycles. The molecule has 96 valence electrons. The van der Waals surface area contributed by atoms with E-state index in [1.165, 1.54) is 6.26 Å². The summed E-state index contributed by atoms with van der Waals surface area (Å²) in [5, 5.41) is 6.81. The van der Waals surface area contributed by atoms with Crippen LogP contribution in [-0.2, 0) is 16.4 Å². The Bertz CT molecular complexity index is 606. The predicted molar refractivity (Wildman–Crippen MR) is 68.0 cm³/mol. The van der Waals surface area contributed by atoms with E-state index < -0.39 is 9.84 Å². The number of nitrogens with one attached hydrogen (secondary N) is 1. The molecule has 0 aliphatic rings. The summed E-state index contributed by atoms with van der Waals surface area (Å²) in [5.41, 5.74) is 1.31. The average molecular weight is 266 g/mol. The Kier molecular flexibility index (Phi) is 3.66. The van der Waals surface area contributed by atoms with Gasteiger partial charge in [0.05, 0.1) is 22.9 Å². The van der Waals surface area contributed by atoms with E-state index in [1.807, 2.05) is 0 Å². The average Bonchev–Trinajstić information content (AvgIpc) is 2.90. The molecule has 0 saturated carbocycles. The number of para-hydroxylation sites is 1. The van der Waals surface area contributed by atoms with E-state index in [0.29, 0.717) is 17.1 Å². The minimum Gasteiger partial charge on any atom is -0.378 e. The number of anilines is 1. The third-order valence-electron chi connectivity index (χ3n) is 2.55. The first-order valence-electron chi connectivity index (χ1n) is 5.58. The SMILES string of the molecule is CCS(=O)(=O)c1ccccc1NCc1ccon1. The maximum Gasteiger partial charge on any atom is 0.180 e. The van der Waals surface area contributed by atoms with Crippen LogP contribution in [0, 0.1) is 0 Å². The summed E-state index contributed by atoms with van der Waals surface area (Å²) in [6, 6.07) is 8.57. The number of hydrogen-bond donors (Lipinski definition) is 1. The molecule has 1 heterocycles. The van der Waals surface area contributed by atoms with Gasteiger partial charge in [0.2, 0.25) is 0 Å². The maximum absolute atomic E-state index is 11.9. The van der Waals surface area contributed by atoms with Gasteiger partial charge in [0, 0.05) is 6.07 Å². The highest BCUT2D eigenvalue weighted by Gasteiger charge is 2.15. The third kappa shape index (κ3) is 2.70. The van der Waals surface area contributed by atoms with Crippen molar-refractivity contribution in [1.29, 1.82) is 0 Å². The molecule has 0 saturated heterocycles. The van der Waals surface area contributed by atoms with Gasteiger partial charge in [-0.05, 0) is 12.1 Å². The molecular weight excluding hydrogens is 252 g/mol. The second-order valence-corrected chi connectivity index (χ2v) is 5.99. The Hall–Kier alpha value is -1.82. The lowest BCUT2D eigenvalue weighted by atomic mass is 10.3. The van der Waals surface area contributed by atoms with Crippen LogP contribution in [0.1, 0.15) is 12.6 Å². The summed E-state index contributed by atoms with van der Waals surface area (Å²) in [5.74, 6) is 0.0790. The Morgan fingerprint density at radius 1 is 1.28 bits per heavy atom. The molecule has 2 aromatic rings. The highest BCUT2D eigenvalue weighted by atomic mass is 32.2. The van der Waals surface area contributed by atoms with Gasteiger partial charge in [-0.2, -0.15) is 0 Å². The first-order valence-corrected chi connectivity index (χ1v) is 7.23. The van der Waals surface area contributed by atoms with Gasteiger partial charge in [-0.25, -0.2) is 8.42 Å². The normalized spacial score (nSPS) is 11.4. The number of nitrogens with zero attached hydrogens (tertiary/aromatic N) is 1. The van der Waals surface area contributed by atoms with Crippen LogP contribution in [0.2, 0.25) is 0 Å². The standard InChI is InChI=1S/C12H14N2O3S/c1-2-18(15,16)12-6-4-3-5-11(12)13-9-10-7-8-17-14-10/h3-8,13H,2,9H2,1H3. The van der Waals surface area contributed by atoms with Crippen molar-refractivity contribution in [2.45, 2.75) is 18.4 Å². The quantitative estimate of drug-likeness (QED) is 0.897. The molecule has 0 unspecified atom stereocenters. The second kappa shape index (κ2) is 5.22. The largest absolute Gasteiger partial charge is 0.378 e. The van der Waals surface area contributed by atoms with Crippen molar-refractivity contribution in [1.82, 2.24) is 5.16 Å². The molecule has 0 spiro atoms. The number of sulfone groups is 1. The lowest BCUT2D eigenvalue weighted by Gasteiger charge is -2.10. The zero-order valence-corrected chi connectivity index (χ0v) is 10.8. The molecule has 2 rings (SSSR count). The van der Waals surface area contributed by atoms with E-state index in [-0.39, 0.29) is 5.75 Å². The van der Waals surface area contributed by atoms with E-state index in [0.717, 1.165) is 5.69 Å². The van der Waals surface area contributed by atoms with E-state index >= 15 is 0 Å². The van der Waals surface area contributed by atoms with Gasteiger partial charge < -0.3 is 9.84 Å². The number of rotatable bonds is 5. The Balaban J connectivity index is 2.23. The summed E-state index contributed by atoms with van der Waals surface area (Å²) in [6.45, 7) is 2.05. The molecule has 6 heteroatoms. The van der Waals surface area contributed by atoms with Crippen molar-refractivity contribution in [3.8, 4) is 0 Å². The fourth-order valence-electron chi connectivity index (χ4n) is 1.55. The van der Waals surface area contributed by atoms with Crippen molar-refractivity contribution >= 4 is 15.5 Å². The van der Waals surface area contributed by atoms with Gasteiger partial charge in [0.15, 0.2) is 9.84 Å². The van der Waals surface area contributed by atoms with E-state index in [2.05, 4.69) is 10.5 Å². The van der Waals surface area contributed by atoms with E-state index in [4.69, 9.17) is 4.52 Å². The maximum atomic E-state index is 11.9. The Morgan fingerprint density at radius 2 is 2.06 bits per heavy atom. The zero-order valence-electron chi connectivity index (χ0n) is 9.96. The van der Waals surface area contributed by atoms with Crippen molar-refractivity contribution in [2.75, 3.05) is 11.1 Å². The van der Waals surface area contributed by atoms with Crippen LogP contribution in [0.15, 0.2) is 46.0 Å². The van der Waals surface area contributed by atoms with Gasteiger partial charge in [0.25, 0.3) is 0 Å². The molecule has 1 N–H and O–H groups in total. The monoisotopic (exact) mass is 266 g/mol. The van der Waals surface area contributed by atoms with Gasteiger partial charge >= 0.3 is 0 Å². The summed E-state index contributed by atoms with van der Waals surface area (Å²) in [4.78, 5) is 0.316. The molecule has 5 nitrogen and oxygen atoms in total. The van der Waals surface area contributed by atoms with Crippen LogP contribution in [0.25, 0.3) is 0 Å². The number of benzene rings is 1. The lowest BCUT2D eigenvalue weighted by Crippen LogP contribution is -2.09. The molecule has 0 bridgehead atoms. The zero-order chi connectivity index (χ0) is 13.0. The molecule has 0 fully saturated rings. The molecule has 18 heavy (non-hydrogen) atoms. The topological polar surface area (TPSA) is 72.2 Å². The first-order chi connectivity index (χ1) is 8.63. The molecule has 0 atom stereocenters. The van der Waals surface area contributed by atoms with Crippen LogP contribution in [-0.4, -0.2) is 19.3 Å². The minimum atomic E-state index is -3.23. The molecule has 0 aliphatic carbocycles. The van der Waals surface area contributed by atoms with Gasteiger partial charge in [-0.1, -0.05) is 24.2 Å². The van der Waals surface area contributed by atoms with Crippen LogP contribution in [0.4, 0.5) is 5.69 Å². The number of aromatic nitrogens is 1. The first kappa shape index (κ1) is 12.6. The molecule has 0 amide bonds. The van der Waals surface area contributed by atoms with E-state index in [1.54, 1.807) is 37.3 Å². The van der Waals surface area contributed by atoms with Crippen LogP contribution < -0.4 is 5.32 Å². The van der Waals surface area contributed by atoms with Crippen molar-refractivity contribution in [3.05, 3.63) is 42.3 Å². The molecule has 0 radical (unpaired) electrons. The summed E-state index contributed by atoms with van der Waals surface area (Å²) in [7, 11) is -3.23. The van der Waals surface area contributed by atoms with Crippen LogP contribution >= 0.6 is 0 Å². The van der Waals surface area contributed by atoms with Crippen LogP contribution in [0.5, 0.6) is 0 Å². The molecular formula is C12H14N2O3S.